The highest BCUT2D eigenvalue weighted by molar-refractivity contribution is 5.69. The Morgan fingerprint density at radius 1 is 0.457 bits per heavy atom. The molecule has 0 heterocycles. The lowest BCUT2D eigenvalue weighted by molar-refractivity contribution is -0.152. The van der Waals surface area contributed by atoms with Gasteiger partial charge >= 0.3 is 11.9 Å². The first-order valence-corrected chi connectivity index (χ1v) is 19.2. The number of rotatable bonds is 34. The summed E-state index contributed by atoms with van der Waals surface area (Å²) >= 11 is 0. The molecule has 0 saturated carbocycles. The van der Waals surface area contributed by atoms with Crippen LogP contribution in [0.25, 0.3) is 0 Å². The molecule has 5 nitrogen and oxygen atoms in total. The number of esters is 2. The Morgan fingerprint density at radius 3 is 1.24 bits per heavy atom. The van der Waals surface area contributed by atoms with Crippen molar-refractivity contribution in [2.45, 2.75) is 187 Å². The van der Waals surface area contributed by atoms with Gasteiger partial charge in [-0.25, -0.2) is 0 Å². The minimum atomic E-state index is -0.981. The van der Waals surface area contributed by atoms with Crippen LogP contribution in [0.15, 0.2) is 48.6 Å². The predicted molar refractivity (Wildman–Crippen MR) is 196 cm³/mol. The first-order chi connectivity index (χ1) is 22.6. The predicted octanol–water partition coefficient (Wildman–Crippen LogP) is 11.8. The molecule has 0 aromatic carbocycles. The van der Waals surface area contributed by atoms with Crippen LogP contribution in [0.3, 0.4) is 0 Å². The van der Waals surface area contributed by atoms with E-state index in [-0.39, 0.29) is 25.2 Å². The Hall–Kier alpha value is -2.14. The molecule has 0 spiro atoms. The molecular weight excluding hydrogens is 572 g/mol. The average molecular weight is 645 g/mol. The molecule has 0 aliphatic rings. The van der Waals surface area contributed by atoms with Crippen LogP contribution in [0.4, 0.5) is 0 Å². The van der Waals surface area contributed by atoms with Gasteiger partial charge in [0, 0.05) is 12.8 Å². The first-order valence-electron chi connectivity index (χ1n) is 19.2. The number of hydrogen-bond acceptors (Lipinski definition) is 5. The van der Waals surface area contributed by atoms with Gasteiger partial charge < -0.3 is 14.6 Å². The largest absolute Gasteiger partial charge is 0.463 e. The number of allylic oxidation sites excluding steroid dienone is 8. The lowest BCUT2D eigenvalue weighted by Gasteiger charge is -2.12. The van der Waals surface area contributed by atoms with Crippen LogP contribution in [-0.2, 0) is 19.1 Å². The van der Waals surface area contributed by atoms with Crippen molar-refractivity contribution in [3.05, 3.63) is 48.6 Å². The molecule has 1 atom stereocenters. The number of unbranched alkanes of at least 4 members (excludes halogenated alkanes) is 18. The zero-order valence-electron chi connectivity index (χ0n) is 30.1. The quantitative estimate of drug-likeness (QED) is 0.0429. The van der Waals surface area contributed by atoms with Crippen LogP contribution < -0.4 is 0 Å². The molecule has 0 bridgehead atoms. The van der Waals surface area contributed by atoms with Crippen LogP contribution >= 0.6 is 0 Å². The third-order valence-corrected chi connectivity index (χ3v) is 8.04. The zero-order chi connectivity index (χ0) is 33.6. The number of carbonyl (C=O) groups excluding carboxylic acids is 2. The van der Waals surface area contributed by atoms with Gasteiger partial charge in [-0.1, -0.05) is 140 Å². The molecule has 1 N–H and O–H groups in total. The summed E-state index contributed by atoms with van der Waals surface area (Å²) in [6, 6.07) is 0. The van der Waals surface area contributed by atoms with Crippen molar-refractivity contribution >= 4 is 11.9 Å². The van der Waals surface area contributed by atoms with Crippen molar-refractivity contribution in [3.8, 4) is 0 Å². The first kappa shape index (κ1) is 43.9. The van der Waals surface area contributed by atoms with Gasteiger partial charge in [0.15, 0.2) is 0 Å². The Morgan fingerprint density at radius 2 is 0.761 bits per heavy atom. The van der Waals surface area contributed by atoms with Gasteiger partial charge in [-0.15, -0.1) is 0 Å². The second-order valence-electron chi connectivity index (χ2n) is 12.7. The molecule has 0 aromatic heterocycles. The lowest BCUT2D eigenvalue weighted by atomic mass is 10.1. The number of aliphatic hydroxyl groups is 1. The normalized spacial score (nSPS) is 12.7. The maximum Gasteiger partial charge on any atom is 0.305 e. The molecule has 0 fully saturated rings. The molecule has 0 radical (unpaired) electrons. The number of aliphatic hydroxyl groups excluding tert-OH is 1. The van der Waals surface area contributed by atoms with Gasteiger partial charge in [-0.3, -0.25) is 9.59 Å². The minimum absolute atomic E-state index is 0.131. The topological polar surface area (TPSA) is 72.8 Å². The second kappa shape index (κ2) is 37.3. The average Bonchev–Trinajstić information content (AvgIpc) is 3.06. The van der Waals surface area contributed by atoms with Gasteiger partial charge in [0.25, 0.3) is 0 Å². The highest BCUT2D eigenvalue weighted by Gasteiger charge is 2.12. The Bertz CT molecular complexity index is 782. The van der Waals surface area contributed by atoms with Gasteiger partial charge in [0.2, 0.25) is 0 Å². The summed E-state index contributed by atoms with van der Waals surface area (Å²) in [5.74, 6) is -0.615. The van der Waals surface area contributed by atoms with Crippen molar-refractivity contribution in [1.29, 1.82) is 0 Å². The van der Waals surface area contributed by atoms with E-state index in [0.29, 0.717) is 12.8 Å². The van der Waals surface area contributed by atoms with Crippen LogP contribution in [0, 0.1) is 0 Å². The van der Waals surface area contributed by atoms with E-state index in [4.69, 9.17) is 9.47 Å². The fraction of sp³-hybridized carbons (Fsp3) is 0.756. The van der Waals surface area contributed by atoms with Crippen LogP contribution in [-0.4, -0.2) is 36.4 Å². The van der Waals surface area contributed by atoms with E-state index in [1.165, 1.54) is 103 Å². The zero-order valence-corrected chi connectivity index (χ0v) is 30.1. The summed E-state index contributed by atoms with van der Waals surface area (Å²) < 4.78 is 10.3. The smallest absolute Gasteiger partial charge is 0.305 e. The molecule has 0 aliphatic heterocycles. The molecule has 0 rings (SSSR count). The second-order valence-corrected chi connectivity index (χ2v) is 12.7. The molecular formula is C41H72O5. The fourth-order valence-corrected chi connectivity index (χ4v) is 5.09. The van der Waals surface area contributed by atoms with Crippen molar-refractivity contribution < 1.29 is 24.2 Å². The summed E-state index contributed by atoms with van der Waals surface area (Å²) in [4.78, 5) is 23.9. The maximum atomic E-state index is 12.0. The summed E-state index contributed by atoms with van der Waals surface area (Å²) in [5.41, 5.74) is 0. The molecule has 0 amide bonds. The van der Waals surface area contributed by atoms with Gasteiger partial charge in [0.05, 0.1) is 0 Å². The van der Waals surface area contributed by atoms with Crippen molar-refractivity contribution in [2.24, 2.45) is 0 Å². The monoisotopic (exact) mass is 645 g/mol. The van der Waals surface area contributed by atoms with Crippen LogP contribution in [0.1, 0.15) is 181 Å². The molecule has 0 unspecified atom stereocenters. The van der Waals surface area contributed by atoms with Gasteiger partial charge in [-0.2, -0.15) is 0 Å². The lowest BCUT2D eigenvalue weighted by Crippen LogP contribution is -2.25. The Labute approximate surface area is 284 Å². The number of carbonyl (C=O) groups is 2. The third-order valence-electron chi connectivity index (χ3n) is 8.04. The van der Waals surface area contributed by atoms with Crippen molar-refractivity contribution in [1.82, 2.24) is 0 Å². The van der Waals surface area contributed by atoms with Crippen molar-refractivity contribution in [3.63, 3.8) is 0 Å². The van der Waals surface area contributed by atoms with E-state index in [2.05, 4.69) is 62.5 Å². The fourth-order valence-electron chi connectivity index (χ4n) is 5.09. The van der Waals surface area contributed by atoms with Gasteiger partial charge in [0.1, 0.15) is 19.3 Å². The Balaban J connectivity index is 3.51. The van der Waals surface area contributed by atoms with E-state index in [0.717, 1.165) is 51.4 Å². The number of ether oxygens (including phenoxy) is 2. The third kappa shape index (κ3) is 36.3. The SMILES string of the molecule is CCCCC/C=C\C/C=C\C/C=C\CCCCC(=O)OC[C@H](O)COC(=O)CCCCCCCCC/C=C\CCCCCCCC. The van der Waals surface area contributed by atoms with E-state index in [1.54, 1.807) is 0 Å². The van der Waals surface area contributed by atoms with Crippen LogP contribution in [0.5, 0.6) is 0 Å². The molecule has 46 heavy (non-hydrogen) atoms. The maximum absolute atomic E-state index is 12.0. The number of hydrogen-bond donors (Lipinski definition) is 1. The highest BCUT2D eigenvalue weighted by Crippen LogP contribution is 2.12. The Kier molecular flexibility index (Phi) is 35.6. The van der Waals surface area contributed by atoms with E-state index < -0.39 is 6.10 Å². The summed E-state index contributed by atoms with van der Waals surface area (Å²) in [6.45, 7) is 4.22. The van der Waals surface area contributed by atoms with E-state index in [1.807, 2.05) is 0 Å². The molecule has 266 valence electrons. The molecule has 5 heteroatoms. The summed E-state index contributed by atoms with van der Waals surface area (Å²) in [6.07, 6.45) is 45.9. The summed E-state index contributed by atoms with van der Waals surface area (Å²) in [7, 11) is 0. The molecule has 0 aromatic rings. The minimum Gasteiger partial charge on any atom is -0.463 e. The van der Waals surface area contributed by atoms with E-state index >= 15 is 0 Å². The summed E-state index contributed by atoms with van der Waals surface area (Å²) in [5, 5.41) is 9.99. The highest BCUT2D eigenvalue weighted by atomic mass is 16.6. The standard InChI is InChI=1S/C41H72O5/c1-3-5-7-9-11-13-15-17-19-20-22-24-26-28-30-32-34-36-41(44)46-38-39(42)37-45-40(43)35-33-31-29-27-25-23-21-18-16-14-12-10-8-6-4-2/h12,14,17-19,21,25,27,39,42H,3-11,13,15-16,20,22-24,26,28-38H2,1-2H3/b14-12-,19-17-,21-18-,27-25-/t39-/m0/s1. The van der Waals surface area contributed by atoms with E-state index in [9.17, 15) is 14.7 Å². The van der Waals surface area contributed by atoms with Crippen molar-refractivity contribution in [2.75, 3.05) is 13.2 Å². The van der Waals surface area contributed by atoms with Gasteiger partial charge in [-0.05, 0) is 77.0 Å². The van der Waals surface area contributed by atoms with Crippen LogP contribution in [0.2, 0.25) is 0 Å². The molecule has 0 aliphatic carbocycles. The molecule has 0 saturated heterocycles.